The van der Waals surface area contributed by atoms with Crippen molar-refractivity contribution in [2.75, 3.05) is 0 Å². The summed E-state index contributed by atoms with van der Waals surface area (Å²) >= 11 is 3.50. The molecule has 1 unspecified atom stereocenters. The lowest BCUT2D eigenvalue weighted by Gasteiger charge is -2.24. The Balaban J connectivity index is 2.16. The molecule has 2 aromatic rings. The molecule has 0 aromatic heterocycles. The van der Waals surface area contributed by atoms with Gasteiger partial charge in [0.2, 0.25) is 0 Å². The van der Waals surface area contributed by atoms with Gasteiger partial charge >= 0.3 is 0 Å². The van der Waals surface area contributed by atoms with Crippen molar-refractivity contribution in [3.63, 3.8) is 0 Å². The molecule has 0 aliphatic rings. The molecule has 0 spiro atoms. The van der Waals surface area contributed by atoms with E-state index in [0.29, 0.717) is 5.75 Å². The molecule has 0 amide bonds. The quantitative estimate of drug-likeness (QED) is 0.810. The fourth-order valence-electron chi connectivity index (χ4n) is 2.38. The van der Waals surface area contributed by atoms with Crippen LogP contribution in [0.4, 0.5) is 0 Å². The van der Waals surface area contributed by atoms with Crippen LogP contribution in [0.25, 0.3) is 0 Å². The maximum Gasteiger partial charge on any atom is 0.120 e. The van der Waals surface area contributed by atoms with Crippen LogP contribution in [0.2, 0.25) is 0 Å². The summed E-state index contributed by atoms with van der Waals surface area (Å²) in [6, 6.07) is 16.2. The number of nitrogens with one attached hydrogen (secondary N) is 1. The van der Waals surface area contributed by atoms with Crippen LogP contribution in [0, 0.1) is 0 Å². The summed E-state index contributed by atoms with van der Waals surface area (Å²) in [4.78, 5) is 0. The first-order chi connectivity index (χ1) is 9.61. The van der Waals surface area contributed by atoms with Gasteiger partial charge in [-0.2, -0.15) is 0 Å². The number of phenolic OH excluding ortho intramolecular Hbond substituents is 1. The highest BCUT2D eigenvalue weighted by Crippen LogP contribution is 2.28. The molecule has 0 radical (unpaired) electrons. The van der Waals surface area contributed by atoms with Gasteiger partial charge in [0.25, 0.3) is 0 Å². The molecule has 0 bridgehead atoms. The second-order valence-electron chi connectivity index (χ2n) is 4.96. The lowest BCUT2D eigenvalue weighted by atomic mass is 10.0. The third-order valence-electron chi connectivity index (χ3n) is 3.52. The predicted octanol–water partition coefficient (Wildman–Crippen LogP) is 4.96. The number of hydrogen-bond donors (Lipinski definition) is 2. The minimum absolute atomic E-state index is 0.144. The molecule has 20 heavy (non-hydrogen) atoms. The van der Waals surface area contributed by atoms with Crippen molar-refractivity contribution in [3.8, 4) is 5.75 Å². The fourth-order valence-corrected chi connectivity index (χ4v) is 2.80. The first-order valence-electron chi connectivity index (χ1n) is 6.91. The number of benzene rings is 2. The van der Waals surface area contributed by atoms with Crippen molar-refractivity contribution in [2.45, 2.75) is 32.4 Å². The van der Waals surface area contributed by atoms with Crippen LogP contribution in [0.1, 0.15) is 43.5 Å². The Morgan fingerprint density at radius 2 is 1.90 bits per heavy atom. The summed E-state index contributed by atoms with van der Waals surface area (Å²) in [7, 11) is 0. The van der Waals surface area contributed by atoms with E-state index < -0.39 is 0 Å². The highest BCUT2D eigenvalue weighted by Gasteiger charge is 2.16. The molecule has 2 atom stereocenters. The minimum atomic E-state index is 0.144. The summed E-state index contributed by atoms with van der Waals surface area (Å²) < 4.78 is 1.08. The van der Waals surface area contributed by atoms with Crippen molar-refractivity contribution >= 4 is 15.9 Å². The van der Waals surface area contributed by atoms with Crippen molar-refractivity contribution in [2.24, 2.45) is 0 Å². The van der Waals surface area contributed by atoms with Crippen LogP contribution in [0.5, 0.6) is 5.75 Å². The summed E-state index contributed by atoms with van der Waals surface area (Å²) in [5, 5.41) is 13.6. The normalized spacial score (nSPS) is 13.9. The van der Waals surface area contributed by atoms with Crippen LogP contribution in [0.3, 0.4) is 0 Å². The van der Waals surface area contributed by atoms with Crippen LogP contribution in [-0.2, 0) is 0 Å². The zero-order chi connectivity index (χ0) is 14.5. The fraction of sp³-hybridized carbons (Fsp3) is 0.294. The first-order valence-corrected chi connectivity index (χ1v) is 7.70. The molecular formula is C17H20BrNO. The summed E-state index contributed by atoms with van der Waals surface area (Å²) in [5.41, 5.74) is 2.19. The number of aromatic hydroxyl groups is 1. The van der Waals surface area contributed by atoms with E-state index in [-0.39, 0.29) is 12.1 Å². The van der Waals surface area contributed by atoms with E-state index in [9.17, 15) is 5.11 Å². The van der Waals surface area contributed by atoms with E-state index in [1.165, 1.54) is 5.56 Å². The molecule has 2 rings (SSSR count). The highest BCUT2D eigenvalue weighted by atomic mass is 79.9. The average molecular weight is 334 g/mol. The maximum absolute atomic E-state index is 9.99. The molecule has 2 aromatic carbocycles. The SMILES string of the molecule is CCC(N[C@H](C)c1cccc(Br)c1)c1ccccc1O. The molecule has 0 fully saturated rings. The van der Waals surface area contributed by atoms with Gasteiger partial charge in [-0.15, -0.1) is 0 Å². The number of para-hydroxylation sites is 1. The lowest BCUT2D eigenvalue weighted by Crippen LogP contribution is -2.24. The molecule has 2 nitrogen and oxygen atoms in total. The van der Waals surface area contributed by atoms with Crippen LogP contribution in [-0.4, -0.2) is 5.11 Å². The van der Waals surface area contributed by atoms with E-state index in [2.05, 4.69) is 47.2 Å². The molecule has 3 heteroatoms. The van der Waals surface area contributed by atoms with E-state index in [1.807, 2.05) is 30.3 Å². The van der Waals surface area contributed by atoms with Crippen molar-refractivity contribution in [1.82, 2.24) is 5.32 Å². The number of phenols is 1. The van der Waals surface area contributed by atoms with E-state index in [4.69, 9.17) is 0 Å². The standard InChI is InChI=1S/C17H20BrNO/c1-3-16(15-9-4-5-10-17(15)20)19-12(2)13-7-6-8-14(18)11-13/h4-12,16,19-20H,3H2,1-2H3/t12-,16?/m1/s1. The van der Waals surface area contributed by atoms with Crippen LogP contribution in [0.15, 0.2) is 53.0 Å². The Hall–Kier alpha value is -1.32. The molecule has 0 saturated carbocycles. The molecule has 106 valence electrons. The monoisotopic (exact) mass is 333 g/mol. The van der Waals surface area contributed by atoms with Gasteiger partial charge in [0, 0.05) is 22.1 Å². The summed E-state index contributed by atoms with van der Waals surface area (Å²) in [6.07, 6.45) is 0.927. The number of rotatable bonds is 5. The smallest absolute Gasteiger partial charge is 0.120 e. The molecule has 0 saturated heterocycles. The highest BCUT2D eigenvalue weighted by molar-refractivity contribution is 9.10. The Labute approximate surface area is 129 Å². The van der Waals surface area contributed by atoms with E-state index in [1.54, 1.807) is 6.07 Å². The lowest BCUT2D eigenvalue weighted by molar-refractivity contribution is 0.419. The second kappa shape index (κ2) is 6.91. The van der Waals surface area contributed by atoms with Crippen molar-refractivity contribution in [3.05, 3.63) is 64.1 Å². The topological polar surface area (TPSA) is 32.3 Å². The van der Waals surface area contributed by atoms with Gasteiger partial charge in [0.1, 0.15) is 5.75 Å². The number of halogens is 1. The zero-order valence-electron chi connectivity index (χ0n) is 11.8. The first kappa shape index (κ1) is 15.1. The van der Waals surface area contributed by atoms with Crippen molar-refractivity contribution < 1.29 is 5.11 Å². The molecule has 0 aliphatic carbocycles. The second-order valence-corrected chi connectivity index (χ2v) is 5.88. The molecular weight excluding hydrogens is 314 g/mol. The van der Waals surface area contributed by atoms with E-state index >= 15 is 0 Å². The van der Waals surface area contributed by atoms with E-state index in [0.717, 1.165) is 16.5 Å². The average Bonchev–Trinajstić information content (AvgIpc) is 2.45. The van der Waals surface area contributed by atoms with Gasteiger partial charge in [-0.25, -0.2) is 0 Å². The largest absolute Gasteiger partial charge is 0.508 e. The Morgan fingerprint density at radius 3 is 2.55 bits per heavy atom. The Kier molecular flexibility index (Phi) is 5.21. The minimum Gasteiger partial charge on any atom is -0.508 e. The van der Waals surface area contributed by atoms with Gasteiger partial charge in [-0.3, -0.25) is 0 Å². The summed E-state index contributed by atoms with van der Waals surface area (Å²) in [5.74, 6) is 0.355. The summed E-state index contributed by atoms with van der Waals surface area (Å²) in [6.45, 7) is 4.27. The van der Waals surface area contributed by atoms with Gasteiger partial charge in [-0.05, 0) is 37.1 Å². The Morgan fingerprint density at radius 1 is 1.15 bits per heavy atom. The molecule has 0 heterocycles. The third kappa shape index (κ3) is 3.62. The van der Waals surface area contributed by atoms with Gasteiger partial charge in [0.05, 0.1) is 0 Å². The van der Waals surface area contributed by atoms with Gasteiger partial charge in [-0.1, -0.05) is 53.2 Å². The molecule has 0 aliphatic heterocycles. The third-order valence-corrected chi connectivity index (χ3v) is 4.01. The zero-order valence-corrected chi connectivity index (χ0v) is 13.4. The van der Waals surface area contributed by atoms with Crippen molar-refractivity contribution in [1.29, 1.82) is 0 Å². The van der Waals surface area contributed by atoms with Crippen LogP contribution < -0.4 is 5.32 Å². The predicted molar refractivity (Wildman–Crippen MR) is 86.8 cm³/mol. The van der Waals surface area contributed by atoms with Gasteiger partial charge in [0.15, 0.2) is 0 Å². The Bertz CT molecular complexity index is 570. The van der Waals surface area contributed by atoms with Gasteiger partial charge < -0.3 is 10.4 Å². The molecule has 2 N–H and O–H groups in total. The maximum atomic E-state index is 9.99. The number of hydrogen-bond acceptors (Lipinski definition) is 2. The van der Waals surface area contributed by atoms with Crippen LogP contribution >= 0.6 is 15.9 Å².